The predicted octanol–water partition coefficient (Wildman–Crippen LogP) is 3.43. The van der Waals surface area contributed by atoms with Crippen molar-refractivity contribution in [3.05, 3.63) is 54.2 Å². The Labute approximate surface area is 146 Å². The van der Waals surface area contributed by atoms with Gasteiger partial charge in [-0.3, -0.25) is 4.79 Å². The number of nitrogens with zero attached hydrogens (tertiary/aromatic N) is 4. The maximum atomic E-state index is 12.6. The minimum atomic E-state index is -0.219. The largest absolute Gasteiger partial charge is 0.341 e. The standard InChI is InChI=1S/C19H21N5O/c1-13(18-23-20-12-24(18)15-7-3-4-8-15)21-19(25)17-11-10-14-6-2-5-9-16(14)22-17/h2,5-6,9-13,15H,3-4,7-8H2,1H3,(H,21,25)/t13-/m1/s1. The van der Waals surface area contributed by atoms with E-state index in [-0.39, 0.29) is 11.9 Å². The van der Waals surface area contributed by atoms with Gasteiger partial charge in [-0.2, -0.15) is 0 Å². The highest BCUT2D eigenvalue weighted by atomic mass is 16.1. The molecule has 1 saturated carbocycles. The quantitative estimate of drug-likeness (QED) is 0.793. The van der Waals surface area contributed by atoms with Crippen LogP contribution >= 0.6 is 0 Å². The van der Waals surface area contributed by atoms with Crippen LogP contribution in [0.3, 0.4) is 0 Å². The topological polar surface area (TPSA) is 72.7 Å². The number of rotatable bonds is 4. The molecule has 0 aliphatic heterocycles. The maximum absolute atomic E-state index is 12.6. The van der Waals surface area contributed by atoms with Gasteiger partial charge in [-0.05, 0) is 31.9 Å². The number of pyridine rings is 1. The molecule has 4 rings (SSSR count). The molecule has 1 aliphatic carbocycles. The monoisotopic (exact) mass is 335 g/mol. The van der Waals surface area contributed by atoms with E-state index in [1.54, 1.807) is 12.4 Å². The van der Waals surface area contributed by atoms with Gasteiger partial charge in [0, 0.05) is 11.4 Å². The molecule has 0 bridgehead atoms. The lowest BCUT2D eigenvalue weighted by Gasteiger charge is -2.18. The number of hydrogen-bond donors (Lipinski definition) is 1. The summed E-state index contributed by atoms with van der Waals surface area (Å²) in [5, 5.41) is 12.3. The number of para-hydroxylation sites is 1. The molecule has 3 aromatic rings. The third-order valence-corrected chi connectivity index (χ3v) is 4.88. The minimum absolute atomic E-state index is 0.195. The first-order valence-corrected chi connectivity index (χ1v) is 8.78. The van der Waals surface area contributed by atoms with Crippen molar-refractivity contribution < 1.29 is 4.79 Å². The van der Waals surface area contributed by atoms with E-state index >= 15 is 0 Å². The Morgan fingerprint density at radius 1 is 1.20 bits per heavy atom. The Morgan fingerprint density at radius 3 is 2.84 bits per heavy atom. The molecule has 0 unspecified atom stereocenters. The summed E-state index contributed by atoms with van der Waals surface area (Å²) in [7, 11) is 0. The van der Waals surface area contributed by atoms with Crippen molar-refractivity contribution in [2.75, 3.05) is 0 Å². The number of aromatic nitrogens is 4. The molecule has 1 atom stereocenters. The van der Waals surface area contributed by atoms with Crippen LogP contribution in [0, 0.1) is 0 Å². The van der Waals surface area contributed by atoms with Gasteiger partial charge in [0.25, 0.3) is 5.91 Å². The fourth-order valence-electron chi connectivity index (χ4n) is 3.55. The predicted molar refractivity (Wildman–Crippen MR) is 95.2 cm³/mol. The molecule has 1 fully saturated rings. The number of fused-ring (bicyclic) bond motifs is 1. The average Bonchev–Trinajstić information content (AvgIpc) is 3.32. The molecule has 1 aliphatic rings. The van der Waals surface area contributed by atoms with Crippen molar-refractivity contribution in [2.45, 2.75) is 44.7 Å². The van der Waals surface area contributed by atoms with Gasteiger partial charge in [-0.25, -0.2) is 4.98 Å². The third-order valence-electron chi connectivity index (χ3n) is 4.88. The Balaban J connectivity index is 1.52. The first-order valence-electron chi connectivity index (χ1n) is 8.78. The van der Waals surface area contributed by atoms with Crippen molar-refractivity contribution in [3.8, 4) is 0 Å². The summed E-state index contributed by atoms with van der Waals surface area (Å²) in [6.07, 6.45) is 6.56. The second-order valence-electron chi connectivity index (χ2n) is 6.62. The first kappa shape index (κ1) is 15.7. The lowest BCUT2D eigenvalue weighted by atomic mass is 10.2. The fraction of sp³-hybridized carbons (Fsp3) is 0.368. The minimum Gasteiger partial charge on any atom is -0.341 e. The molecular weight excluding hydrogens is 314 g/mol. The van der Waals surface area contributed by atoms with Crippen LogP contribution in [0.25, 0.3) is 10.9 Å². The molecule has 0 saturated heterocycles. The highest BCUT2D eigenvalue weighted by Gasteiger charge is 2.23. The van der Waals surface area contributed by atoms with Gasteiger partial charge < -0.3 is 9.88 Å². The first-order chi connectivity index (χ1) is 12.2. The van der Waals surface area contributed by atoms with Crippen LogP contribution in [0.2, 0.25) is 0 Å². The van der Waals surface area contributed by atoms with Crippen molar-refractivity contribution in [2.24, 2.45) is 0 Å². The Morgan fingerprint density at radius 2 is 2.00 bits per heavy atom. The van der Waals surface area contributed by atoms with Crippen LogP contribution in [-0.2, 0) is 0 Å². The van der Waals surface area contributed by atoms with Crippen LogP contribution in [-0.4, -0.2) is 25.7 Å². The van der Waals surface area contributed by atoms with Gasteiger partial charge in [-0.1, -0.05) is 37.1 Å². The van der Waals surface area contributed by atoms with Crippen molar-refractivity contribution in [3.63, 3.8) is 0 Å². The van der Waals surface area contributed by atoms with Gasteiger partial charge >= 0.3 is 0 Å². The number of benzene rings is 1. The van der Waals surface area contributed by atoms with Crippen LogP contribution in [0.1, 0.15) is 61.0 Å². The number of nitrogens with one attached hydrogen (secondary N) is 1. The van der Waals surface area contributed by atoms with E-state index in [0.29, 0.717) is 11.7 Å². The normalized spacial score (nSPS) is 16.2. The highest BCUT2D eigenvalue weighted by Crippen LogP contribution is 2.31. The van der Waals surface area contributed by atoms with E-state index < -0.39 is 0 Å². The van der Waals surface area contributed by atoms with Crippen LogP contribution in [0.4, 0.5) is 0 Å². The van der Waals surface area contributed by atoms with E-state index in [1.807, 2.05) is 37.3 Å². The molecule has 2 aromatic heterocycles. The molecule has 0 spiro atoms. The van der Waals surface area contributed by atoms with Gasteiger partial charge in [0.15, 0.2) is 5.82 Å². The molecule has 128 valence electrons. The van der Waals surface area contributed by atoms with Gasteiger partial charge in [0.05, 0.1) is 11.6 Å². The molecule has 25 heavy (non-hydrogen) atoms. The Bertz CT molecular complexity index is 897. The van der Waals surface area contributed by atoms with Crippen molar-refractivity contribution in [1.82, 2.24) is 25.1 Å². The third kappa shape index (κ3) is 3.12. The zero-order valence-electron chi connectivity index (χ0n) is 14.2. The average molecular weight is 335 g/mol. The van der Waals surface area contributed by atoms with E-state index in [4.69, 9.17) is 0 Å². The summed E-state index contributed by atoms with van der Waals surface area (Å²) in [5.74, 6) is 0.611. The van der Waals surface area contributed by atoms with Crippen LogP contribution in [0.5, 0.6) is 0 Å². The highest BCUT2D eigenvalue weighted by molar-refractivity contribution is 5.95. The molecule has 1 aromatic carbocycles. The van der Waals surface area contributed by atoms with Gasteiger partial charge in [-0.15, -0.1) is 10.2 Å². The number of carbonyl (C=O) groups is 1. The number of hydrogen-bond acceptors (Lipinski definition) is 4. The summed E-state index contributed by atoms with van der Waals surface area (Å²) >= 11 is 0. The smallest absolute Gasteiger partial charge is 0.270 e. The van der Waals surface area contributed by atoms with Crippen LogP contribution in [0.15, 0.2) is 42.7 Å². The summed E-state index contributed by atoms with van der Waals surface area (Å²) in [5.41, 5.74) is 1.23. The second kappa shape index (κ2) is 6.63. The number of carbonyl (C=O) groups excluding carboxylic acids is 1. The van der Waals surface area contributed by atoms with Gasteiger partial charge in [0.1, 0.15) is 12.0 Å². The molecule has 1 amide bonds. The molecule has 6 heteroatoms. The fourth-order valence-corrected chi connectivity index (χ4v) is 3.55. The molecule has 6 nitrogen and oxygen atoms in total. The zero-order chi connectivity index (χ0) is 17.2. The molecule has 1 N–H and O–H groups in total. The summed E-state index contributed by atoms with van der Waals surface area (Å²) in [4.78, 5) is 17.1. The Kier molecular flexibility index (Phi) is 4.17. The SMILES string of the molecule is C[C@@H](NC(=O)c1ccc2ccccc2n1)c1nncn1C1CCCC1. The summed E-state index contributed by atoms with van der Waals surface area (Å²) in [6.45, 7) is 1.94. The lowest BCUT2D eigenvalue weighted by molar-refractivity contribution is 0.0932. The Hall–Kier alpha value is -2.76. The molecule has 2 heterocycles. The number of amides is 1. The van der Waals surface area contributed by atoms with E-state index in [0.717, 1.165) is 29.6 Å². The maximum Gasteiger partial charge on any atom is 0.270 e. The van der Waals surface area contributed by atoms with Crippen molar-refractivity contribution >= 4 is 16.8 Å². The zero-order valence-corrected chi connectivity index (χ0v) is 14.2. The van der Waals surface area contributed by atoms with Crippen molar-refractivity contribution in [1.29, 1.82) is 0 Å². The summed E-state index contributed by atoms with van der Waals surface area (Å²) < 4.78 is 2.12. The molecule has 0 radical (unpaired) electrons. The van der Waals surface area contributed by atoms with Gasteiger partial charge in [0.2, 0.25) is 0 Å². The van der Waals surface area contributed by atoms with E-state index in [2.05, 4.69) is 25.1 Å². The molecular formula is C19H21N5O. The second-order valence-corrected chi connectivity index (χ2v) is 6.62. The van der Waals surface area contributed by atoms with E-state index in [9.17, 15) is 4.79 Å². The summed E-state index contributed by atoms with van der Waals surface area (Å²) in [6, 6.07) is 11.7. The van der Waals surface area contributed by atoms with Crippen LogP contribution < -0.4 is 5.32 Å². The lowest BCUT2D eigenvalue weighted by Crippen LogP contribution is -2.29. The van der Waals surface area contributed by atoms with E-state index in [1.165, 1.54) is 12.8 Å².